The smallest absolute Gasteiger partial charge is 0.171 e. The average molecular weight is 323 g/mol. The molecule has 20 heavy (non-hydrogen) atoms. The summed E-state index contributed by atoms with van der Waals surface area (Å²) in [6.45, 7) is 1.86. The molecule has 1 aliphatic heterocycles. The highest BCUT2D eigenvalue weighted by Gasteiger charge is 2.35. The summed E-state index contributed by atoms with van der Waals surface area (Å²) in [5.74, 6) is -1.57. The molecule has 1 aliphatic rings. The summed E-state index contributed by atoms with van der Waals surface area (Å²) in [6, 6.07) is 0.634. The van der Waals surface area contributed by atoms with Crippen molar-refractivity contribution in [2.45, 2.75) is 12.3 Å². The van der Waals surface area contributed by atoms with Crippen molar-refractivity contribution in [3.8, 4) is 0 Å². The Kier molecular flexibility index (Phi) is 4.38. The fraction of sp³-hybridized carbons (Fsp3) is 0.545. The van der Waals surface area contributed by atoms with Crippen LogP contribution >= 0.6 is 11.8 Å². The summed E-state index contributed by atoms with van der Waals surface area (Å²) in [7, 11) is -3.39. The maximum atomic E-state index is 13.9. The molecular weight excluding hydrogens is 308 g/mol. The molecule has 1 saturated heterocycles. The maximum Gasteiger partial charge on any atom is 0.171 e. The molecule has 5 nitrogen and oxygen atoms in total. The van der Waals surface area contributed by atoms with E-state index in [1.165, 1.54) is 23.6 Å². The third-order valence-electron chi connectivity index (χ3n) is 3.11. The fourth-order valence-electron chi connectivity index (χ4n) is 1.99. The third kappa shape index (κ3) is 2.83. The van der Waals surface area contributed by atoms with Crippen molar-refractivity contribution in [3.63, 3.8) is 0 Å². The van der Waals surface area contributed by atoms with Gasteiger partial charge in [-0.15, -0.1) is 0 Å². The average Bonchev–Trinajstić information content (AvgIpc) is 2.43. The number of nitrogens with zero attached hydrogens (tertiary/aromatic N) is 2. The summed E-state index contributed by atoms with van der Waals surface area (Å²) in [4.78, 5) is 5.04. The van der Waals surface area contributed by atoms with Crippen LogP contribution in [0, 0.1) is 11.6 Å². The Morgan fingerprint density at radius 2 is 2.20 bits per heavy atom. The van der Waals surface area contributed by atoms with Crippen LogP contribution in [-0.2, 0) is 9.84 Å². The molecule has 0 aromatic carbocycles. The topological polar surface area (TPSA) is 76.3 Å². The number of aromatic nitrogens is 1. The molecule has 1 fully saturated rings. The van der Waals surface area contributed by atoms with Gasteiger partial charge in [-0.05, 0) is 0 Å². The molecule has 112 valence electrons. The number of anilines is 2. The Bertz CT molecular complexity index is 610. The Labute approximate surface area is 120 Å². The van der Waals surface area contributed by atoms with Crippen molar-refractivity contribution in [2.24, 2.45) is 0 Å². The van der Waals surface area contributed by atoms with E-state index in [1.54, 1.807) is 0 Å². The van der Waals surface area contributed by atoms with E-state index in [9.17, 15) is 17.2 Å². The van der Waals surface area contributed by atoms with Gasteiger partial charge in [0.05, 0.1) is 0 Å². The van der Waals surface area contributed by atoms with E-state index < -0.39 is 32.7 Å². The minimum atomic E-state index is -3.39. The molecule has 1 unspecified atom stereocenters. The summed E-state index contributed by atoms with van der Waals surface area (Å²) in [5.41, 5.74) is 5.35. The molecule has 2 heterocycles. The first-order valence-electron chi connectivity index (χ1n) is 6.04. The summed E-state index contributed by atoms with van der Waals surface area (Å²) < 4.78 is 51.2. The predicted molar refractivity (Wildman–Crippen MR) is 76.5 cm³/mol. The fourth-order valence-corrected chi connectivity index (χ4v) is 4.96. The van der Waals surface area contributed by atoms with Crippen LogP contribution in [0.2, 0.25) is 0 Å². The van der Waals surface area contributed by atoms with Gasteiger partial charge in [0, 0.05) is 29.9 Å². The molecule has 0 bridgehead atoms. The quantitative estimate of drug-likeness (QED) is 0.902. The summed E-state index contributed by atoms with van der Waals surface area (Å²) in [5, 5.41) is -0.863. The number of hydrogen-bond acceptors (Lipinski definition) is 6. The van der Waals surface area contributed by atoms with Crippen LogP contribution in [0.5, 0.6) is 0 Å². The SMILES string of the molecule is CCS(=O)(=O)C1CSCCN1c1nc(N)c(F)cc1F. The van der Waals surface area contributed by atoms with Crippen LogP contribution in [0.1, 0.15) is 6.92 Å². The van der Waals surface area contributed by atoms with Gasteiger partial charge in [-0.3, -0.25) is 0 Å². The highest BCUT2D eigenvalue weighted by atomic mass is 32.2. The molecule has 0 radical (unpaired) electrons. The van der Waals surface area contributed by atoms with E-state index in [1.807, 2.05) is 0 Å². The maximum absolute atomic E-state index is 13.9. The van der Waals surface area contributed by atoms with E-state index in [0.29, 0.717) is 24.1 Å². The van der Waals surface area contributed by atoms with Crippen LogP contribution in [0.4, 0.5) is 20.4 Å². The van der Waals surface area contributed by atoms with Gasteiger partial charge in [0.2, 0.25) is 0 Å². The zero-order chi connectivity index (χ0) is 14.9. The highest BCUT2D eigenvalue weighted by molar-refractivity contribution is 8.01. The van der Waals surface area contributed by atoms with E-state index in [4.69, 9.17) is 5.73 Å². The molecule has 0 saturated carbocycles. The lowest BCUT2D eigenvalue weighted by Crippen LogP contribution is -2.48. The zero-order valence-corrected chi connectivity index (χ0v) is 12.5. The number of thioether (sulfide) groups is 1. The van der Waals surface area contributed by atoms with Crippen LogP contribution < -0.4 is 10.6 Å². The largest absolute Gasteiger partial charge is 0.381 e. The first-order chi connectivity index (χ1) is 9.36. The number of pyridine rings is 1. The first-order valence-corrected chi connectivity index (χ1v) is 8.91. The number of rotatable bonds is 3. The highest BCUT2D eigenvalue weighted by Crippen LogP contribution is 2.29. The van der Waals surface area contributed by atoms with Gasteiger partial charge in [-0.1, -0.05) is 6.92 Å². The third-order valence-corrected chi connectivity index (χ3v) is 6.40. The number of nitrogen functional groups attached to an aromatic ring is 1. The van der Waals surface area contributed by atoms with Crippen molar-refractivity contribution >= 4 is 33.2 Å². The van der Waals surface area contributed by atoms with Gasteiger partial charge >= 0.3 is 0 Å². The van der Waals surface area contributed by atoms with E-state index >= 15 is 0 Å². The van der Waals surface area contributed by atoms with E-state index in [2.05, 4.69) is 4.98 Å². The van der Waals surface area contributed by atoms with Gasteiger partial charge < -0.3 is 10.6 Å². The normalized spacial score (nSPS) is 20.1. The lowest BCUT2D eigenvalue weighted by atomic mass is 10.3. The van der Waals surface area contributed by atoms with Crippen molar-refractivity contribution in [1.82, 2.24) is 4.98 Å². The molecule has 0 amide bonds. The second kappa shape index (κ2) is 5.72. The van der Waals surface area contributed by atoms with Crippen molar-refractivity contribution in [3.05, 3.63) is 17.7 Å². The van der Waals surface area contributed by atoms with Gasteiger partial charge in [-0.25, -0.2) is 22.2 Å². The van der Waals surface area contributed by atoms with E-state index in [0.717, 1.165) is 0 Å². The van der Waals surface area contributed by atoms with Gasteiger partial charge in [-0.2, -0.15) is 11.8 Å². The standard InChI is InChI=1S/C11H15F2N3O2S2/c1-2-20(17,18)9-6-19-4-3-16(9)11-8(13)5-7(12)10(14)15-11/h5,9H,2-4,6H2,1H3,(H2,14,15). The minimum Gasteiger partial charge on any atom is -0.381 e. The molecular formula is C11H15F2N3O2S2. The first kappa shape index (κ1) is 15.3. The van der Waals surface area contributed by atoms with Crippen molar-refractivity contribution < 1.29 is 17.2 Å². The predicted octanol–water partition coefficient (Wildman–Crippen LogP) is 1.26. The number of halogens is 2. The second-order valence-electron chi connectivity index (χ2n) is 4.34. The van der Waals surface area contributed by atoms with Crippen LogP contribution in [-0.4, -0.2) is 42.6 Å². The molecule has 1 aromatic rings. The Morgan fingerprint density at radius 3 is 2.85 bits per heavy atom. The molecule has 0 aliphatic carbocycles. The molecule has 2 rings (SSSR count). The Hall–Kier alpha value is -1.09. The van der Waals surface area contributed by atoms with Crippen LogP contribution in [0.15, 0.2) is 6.07 Å². The van der Waals surface area contributed by atoms with Crippen molar-refractivity contribution in [1.29, 1.82) is 0 Å². The molecule has 2 N–H and O–H groups in total. The van der Waals surface area contributed by atoms with Crippen molar-refractivity contribution in [2.75, 3.05) is 34.4 Å². The molecule has 1 atom stereocenters. The minimum absolute atomic E-state index is 0.0486. The zero-order valence-electron chi connectivity index (χ0n) is 10.8. The number of nitrogens with two attached hydrogens (primary N) is 1. The molecule has 9 heteroatoms. The Balaban J connectivity index is 2.46. The number of hydrogen-bond donors (Lipinski definition) is 1. The van der Waals surface area contributed by atoms with Crippen LogP contribution in [0.3, 0.4) is 0 Å². The van der Waals surface area contributed by atoms with Crippen LogP contribution in [0.25, 0.3) is 0 Å². The monoisotopic (exact) mass is 323 g/mol. The number of sulfone groups is 1. The molecule has 1 aromatic heterocycles. The lowest BCUT2D eigenvalue weighted by molar-refractivity contribution is 0.560. The summed E-state index contributed by atoms with van der Waals surface area (Å²) in [6.07, 6.45) is 0. The second-order valence-corrected chi connectivity index (χ2v) is 7.93. The molecule has 0 spiro atoms. The van der Waals surface area contributed by atoms with Gasteiger partial charge in [0.1, 0.15) is 5.37 Å². The van der Waals surface area contributed by atoms with E-state index in [-0.39, 0.29) is 11.6 Å². The summed E-state index contributed by atoms with van der Waals surface area (Å²) >= 11 is 1.48. The van der Waals surface area contributed by atoms with Gasteiger partial charge in [0.15, 0.2) is 33.1 Å². The lowest BCUT2D eigenvalue weighted by Gasteiger charge is -2.35. The van der Waals surface area contributed by atoms with Gasteiger partial charge in [0.25, 0.3) is 0 Å². The Morgan fingerprint density at radius 1 is 1.50 bits per heavy atom.